The lowest BCUT2D eigenvalue weighted by Crippen LogP contribution is -2.36. The molecule has 1 saturated carbocycles. The third-order valence-corrected chi connectivity index (χ3v) is 8.21. The highest BCUT2D eigenvalue weighted by molar-refractivity contribution is 7.98. The van der Waals surface area contributed by atoms with E-state index in [1.807, 2.05) is 40.0 Å². The quantitative estimate of drug-likeness (QED) is 0.358. The molecule has 0 radical (unpaired) electrons. The van der Waals surface area contributed by atoms with Crippen LogP contribution in [0.3, 0.4) is 0 Å². The first-order valence-electron chi connectivity index (χ1n) is 11.4. The minimum Gasteiger partial charge on any atom is -0.364 e. The van der Waals surface area contributed by atoms with Gasteiger partial charge < -0.3 is 14.8 Å². The molecule has 2 fully saturated rings. The van der Waals surface area contributed by atoms with Gasteiger partial charge in [-0.05, 0) is 60.3 Å². The summed E-state index contributed by atoms with van der Waals surface area (Å²) in [6, 6.07) is 1.82. The molecule has 3 aromatic heterocycles. The van der Waals surface area contributed by atoms with Crippen molar-refractivity contribution < 1.29 is 13.9 Å². The van der Waals surface area contributed by atoms with Crippen molar-refractivity contribution in [2.75, 3.05) is 11.6 Å². The summed E-state index contributed by atoms with van der Waals surface area (Å²) in [5.41, 5.74) is 2.08. The molecule has 5 rings (SSSR count). The number of thioether (sulfide) groups is 1. The molecule has 4 heterocycles. The van der Waals surface area contributed by atoms with Crippen LogP contribution in [0, 0.1) is 19.8 Å². The maximum Gasteiger partial charge on any atom is 0.189 e. The molecule has 7 nitrogen and oxygen atoms in total. The van der Waals surface area contributed by atoms with Crippen LogP contribution in [0.2, 0.25) is 0 Å². The Kier molecular flexibility index (Phi) is 5.86. The molecule has 0 aromatic carbocycles. The molecule has 1 saturated heterocycles. The van der Waals surface area contributed by atoms with Gasteiger partial charge in [0.1, 0.15) is 28.1 Å². The van der Waals surface area contributed by atoms with Crippen molar-refractivity contribution in [3.63, 3.8) is 0 Å². The Balaban J connectivity index is 1.57. The van der Waals surface area contributed by atoms with Crippen molar-refractivity contribution in [1.82, 2.24) is 19.9 Å². The van der Waals surface area contributed by atoms with E-state index in [9.17, 15) is 0 Å². The number of nitrogens with one attached hydrogen (secondary N) is 1. The fraction of sp³-hybridized carbons (Fsp3) is 0.583. The third kappa shape index (κ3) is 4.19. The van der Waals surface area contributed by atoms with Crippen LogP contribution in [0.1, 0.15) is 45.5 Å². The Morgan fingerprint density at radius 3 is 2.56 bits per heavy atom. The lowest BCUT2D eigenvalue weighted by molar-refractivity contribution is -0.162. The van der Waals surface area contributed by atoms with E-state index in [0.29, 0.717) is 17.4 Å². The number of aryl methyl sites for hydroxylation is 2. The van der Waals surface area contributed by atoms with Gasteiger partial charge in [0.25, 0.3) is 0 Å². The van der Waals surface area contributed by atoms with Crippen LogP contribution in [0.15, 0.2) is 17.4 Å². The summed E-state index contributed by atoms with van der Waals surface area (Å²) in [7, 11) is 0. The first-order chi connectivity index (χ1) is 16.0. The van der Waals surface area contributed by atoms with Crippen molar-refractivity contribution >= 4 is 39.1 Å². The molecule has 1 aliphatic carbocycles. The maximum atomic E-state index is 15.2. The molecule has 3 aromatic rings. The van der Waals surface area contributed by atoms with Gasteiger partial charge >= 0.3 is 0 Å². The number of anilines is 1. The summed E-state index contributed by atoms with van der Waals surface area (Å²) < 4.78 is 28.7. The largest absolute Gasteiger partial charge is 0.364 e. The molecule has 4 atom stereocenters. The first-order valence-corrected chi connectivity index (χ1v) is 13.5. The van der Waals surface area contributed by atoms with Gasteiger partial charge in [-0.25, -0.2) is 19.3 Å². The number of hydrogen-bond donors (Lipinski definition) is 1. The molecule has 1 N–H and O–H groups in total. The van der Waals surface area contributed by atoms with E-state index >= 15 is 4.39 Å². The van der Waals surface area contributed by atoms with E-state index in [1.165, 1.54) is 11.8 Å². The fourth-order valence-electron chi connectivity index (χ4n) is 5.06. The van der Waals surface area contributed by atoms with Crippen molar-refractivity contribution in [3.8, 4) is 10.6 Å². The summed E-state index contributed by atoms with van der Waals surface area (Å²) in [5.74, 6) is -0.360. The number of halogens is 1. The summed E-state index contributed by atoms with van der Waals surface area (Å²) in [5, 5.41) is 5.11. The van der Waals surface area contributed by atoms with Gasteiger partial charge in [-0.1, -0.05) is 11.8 Å². The lowest BCUT2D eigenvalue weighted by Gasteiger charge is -2.29. The highest BCUT2D eigenvalue weighted by Gasteiger charge is 2.58. The highest BCUT2D eigenvalue weighted by atomic mass is 32.2. The highest BCUT2D eigenvalue weighted by Crippen LogP contribution is 2.48. The van der Waals surface area contributed by atoms with E-state index in [4.69, 9.17) is 19.4 Å². The van der Waals surface area contributed by atoms with Gasteiger partial charge in [-0.2, -0.15) is 0 Å². The van der Waals surface area contributed by atoms with Crippen LogP contribution in [0.5, 0.6) is 0 Å². The Morgan fingerprint density at radius 1 is 1.15 bits per heavy atom. The average Bonchev–Trinajstić information content (AvgIpc) is 3.39. The van der Waals surface area contributed by atoms with Crippen LogP contribution in [-0.2, 0) is 9.47 Å². The van der Waals surface area contributed by atoms with Crippen molar-refractivity contribution in [2.24, 2.45) is 5.92 Å². The third-order valence-electron chi connectivity index (χ3n) is 6.62. The van der Waals surface area contributed by atoms with Gasteiger partial charge in [-0.3, -0.25) is 4.98 Å². The normalized spacial score (nSPS) is 26.2. The standard InChI is InChI=1S/C24H30FN5O2S2/c1-11-16(21-29-17-12(2)26-9-8-15(17)34-21)20(30-22(27-11)33-7)28-14-10-13(23(3,4)25)18-19(14)32-24(5,6)31-18/h8-9,13-14,18-19H,10H2,1-7H3,(H,27,28,30)/t13-,14+,18+,19-/m0/s1. The van der Waals surface area contributed by atoms with Crippen LogP contribution in [0.4, 0.5) is 10.2 Å². The number of rotatable bonds is 5. The SMILES string of the molecule is CSc1nc(C)c(-c2nc3c(C)nccc3s2)c(N[C@@H]2C[C@H](C(C)(C)F)[C@H]3OC(C)(C)O[C@H]32)n1. The summed E-state index contributed by atoms with van der Waals surface area (Å²) >= 11 is 3.08. The molecular weight excluding hydrogens is 473 g/mol. The van der Waals surface area contributed by atoms with Gasteiger partial charge in [-0.15, -0.1) is 11.3 Å². The molecule has 0 amide bonds. The van der Waals surface area contributed by atoms with E-state index in [0.717, 1.165) is 32.2 Å². The van der Waals surface area contributed by atoms with E-state index in [1.54, 1.807) is 31.4 Å². The predicted molar refractivity (Wildman–Crippen MR) is 134 cm³/mol. The molecule has 2 aliphatic rings. The number of nitrogens with zero attached hydrogens (tertiary/aromatic N) is 4. The number of hydrogen-bond acceptors (Lipinski definition) is 9. The smallest absolute Gasteiger partial charge is 0.189 e. The van der Waals surface area contributed by atoms with Crippen molar-refractivity contribution in [1.29, 1.82) is 0 Å². The Labute approximate surface area is 207 Å². The topological polar surface area (TPSA) is 82.1 Å². The minimum atomic E-state index is -1.39. The number of pyridine rings is 1. The van der Waals surface area contributed by atoms with Crippen LogP contribution in [0.25, 0.3) is 20.8 Å². The monoisotopic (exact) mass is 503 g/mol. The van der Waals surface area contributed by atoms with Crippen molar-refractivity contribution in [3.05, 3.63) is 23.7 Å². The van der Waals surface area contributed by atoms with E-state index < -0.39 is 11.5 Å². The number of thiazole rings is 1. The van der Waals surface area contributed by atoms with Crippen LogP contribution in [-0.4, -0.2) is 55.9 Å². The predicted octanol–water partition coefficient (Wildman–Crippen LogP) is 5.56. The maximum absolute atomic E-state index is 15.2. The number of alkyl halides is 1. The second-order valence-electron chi connectivity index (χ2n) is 10.0. The molecule has 1 aliphatic heterocycles. The zero-order valence-electron chi connectivity index (χ0n) is 20.5. The Hall–Kier alpha value is -1.88. The van der Waals surface area contributed by atoms with Gasteiger partial charge in [0.15, 0.2) is 10.9 Å². The first kappa shape index (κ1) is 23.8. The zero-order chi connectivity index (χ0) is 24.4. The number of aromatic nitrogens is 4. The molecule has 10 heteroatoms. The van der Waals surface area contributed by atoms with E-state index in [-0.39, 0.29) is 24.2 Å². The fourth-order valence-corrected chi connectivity index (χ4v) is 6.58. The van der Waals surface area contributed by atoms with Gasteiger partial charge in [0.2, 0.25) is 0 Å². The second kappa shape index (κ2) is 8.36. The molecule has 0 bridgehead atoms. The summed E-state index contributed by atoms with van der Waals surface area (Å²) in [6.45, 7) is 10.9. The molecule has 0 unspecified atom stereocenters. The average molecular weight is 504 g/mol. The summed E-state index contributed by atoms with van der Waals surface area (Å²) in [4.78, 5) is 18.8. The number of fused-ring (bicyclic) bond motifs is 2. The minimum absolute atomic E-state index is 0.160. The Bertz CT molecular complexity index is 1240. The Morgan fingerprint density at radius 2 is 1.88 bits per heavy atom. The molecule has 34 heavy (non-hydrogen) atoms. The van der Waals surface area contributed by atoms with Crippen LogP contribution < -0.4 is 5.32 Å². The van der Waals surface area contributed by atoms with Crippen LogP contribution >= 0.6 is 23.1 Å². The second-order valence-corrected chi connectivity index (χ2v) is 11.8. The van der Waals surface area contributed by atoms with E-state index in [2.05, 4.69) is 15.3 Å². The summed E-state index contributed by atoms with van der Waals surface area (Å²) in [6.07, 6.45) is 3.73. The molecule has 0 spiro atoms. The zero-order valence-corrected chi connectivity index (χ0v) is 22.1. The van der Waals surface area contributed by atoms with Gasteiger partial charge in [0.05, 0.1) is 33.8 Å². The lowest BCUT2D eigenvalue weighted by atomic mass is 9.89. The number of ether oxygens (including phenoxy) is 2. The van der Waals surface area contributed by atoms with Gasteiger partial charge in [0, 0.05) is 12.1 Å². The molecule has 182 valence electrons. The molecular formula is C24H30FN5O2S2. The van der Waals surface area contributed by atoms with Crippen molar-refractivity contribution in [2.45, 2.75) is 82.8 Å².